The molecule has 130 valence electrons. The molecule has 0 aromatic heterocycles. The van der Waals surface area contributed by atoms with Crippen LogP contribution in [0, 0.1) is 29.1 Å². The van der Waals surface area contributed by atoms with Gasteiger partial charge in [-0.3, -0.25) is 4.79 Å². The second-order valence-corrected chi connectivity index (χ2v) is 9.06. The quantitative estimate of drug-likeness (QED) is 0.845. The van der Waals surface area contributed by atoms with Gasteiger partial charge in [0.05, 0.1) is 12.2 Å². The van der Waals surface area contributed by atoms with E-state index in [2.05, 4.69) is 19.9 Å². The molecule has 1 heterocycles. The van der Waals surface area contributed by atoms with Crippen LogP contribution in [-0.4, -0.2) is 28.7 Å². The van der Waals surface area contributed by atoms with Crippen LogP contribution in [0.2, 0.25) is 0 Å². The van der Waals surface area contributed by atoms with Gasteiger partial charge in [0.25, 0.3) is 0 Å². The predicted molar refractivity (Wildman–Crippen MR) is 91.3 cm³/mol. The van der Waals surface area contributed by atoms with Crippen molar-refractivity contribution >= 4 is 5.78 Å². The van der Waals surface area contributed by atoms with E-state index >= 15 is 0 Å². The van der Waals surface area contributed by atoms with E-state index in [0.29, 0.717) is 29.8 Å². The Kier molecular flexibility index (Phi) is 3.08. The number of aliphatic hydroxyl groups excluding tert-OH is 1. The van der Waals surface area contributed by atoms with Gasteiger partial charge in [0, 0.05) is 5.92 Å². The Morgan fingerprint density at radius 3 is 3.00 bits per heavy atom. The minimum Gasteiger partial charge on any atom is -0.393 e. The van der Waals surface area contributed by atoms with Crippen LogP contribution in [0.5, 0.6) is 0 Å². The topological polar surface area (TPSA) is 46.5 Å². The number of ketones is 1. The third kappa shape index (κ3) is 1.68. The summed E-state index contributed by atoms with van der Waals surface area (Å²) in [5.74, 6) is 2.49. The van der Waals surface area contributed by atoms with Crippen LogP contribution in [0.3, 0.4) is 0 Å². The van der Waals surface area contributed by atoms with Gasteiger partial charge < -0.3 is 9.84 Å². The zero-order chi connectivity index (χ0) is 16.7. The lowest BCUT2D eigenvalue weighted by atomic mass is 9.46. The maximum Gasteiger partial charge on any atom is 0.178 e. The van der Waals surface area contributed by atoms with Crippen molar-refractivity contribution in [3.63, 3.8) is 0 Å². The maximum atomic E-state index is 11.8. The number of carbonyl (C=O) groups is 1. The van der Waals surface area contributed by atoms with E-state index in [1.54, 1.807) is 6.08 Å². The lowest BCUT2D eigenvalue weighted by Gasteiger charge is -2.67. The van der Waals surface area contributed by atoms with Gasteiger partial charge in [0.2, 0.25) is 0 Å². The minimum absolute atomic E-state index is 0.119. The average Bonchev–Trinajstić information content (AvgIpc) is 2.89. The third-order valence-electron chi connectivity index (χ3n) is 8.29. The normalized spacial score (nSPS) is 52.7. The molecule has 3 heteroatoms. The fraction of sp³-hybridized carbons (Fsp3) is 0.762. The molecule has 8 atom stereocenters. The molecule has 0 aromatic carbocycles. The molecule has 5 aliphatic rings. The standard InChI is InChI=1S/C21H28O3/c1-3-17(23)16-7-6-15-14-5-4-12-10-13(22)8-9-21(12)19(14)18(24-21)11-20(15,16)2/h8-10,14-19,23H,3-7,11H2,1-2H3/t14?,15?,16?,17?,18-,19?,20?,21?/m0/s1. The SMILES string of the molecule is CCC(O)C1CCC2C3CCC4=CC(=O)C=CC45O[C@@H](CC12C)C35. The molecule has 1 saturated heterocycles. The molecule has 1 N–H and O–H groups in total. The van der Waals surface area contributed by atoms with E-state index in [4.69, 9.17) is 4.74 Å². The lowest BCUT2D eigenvalue weighted by molar-refractivity contribution is -0.290. The van der Waals surface area contributed by atoms with Crippen molar-refractivity contribution in [1.82, 2.24) is 0 Å². The molecular weight excluding hydrogens is 300 g/mol. The van der Waals surface area contributed by atoms with Crippen LogP contribution < -0.4 is 0 Å². The molecule has 1 aliphatic heterocycles. The summed E-state index contributed by atoms with van der Waals surface area (Å²) in [6.45, 7) is 4.52. The minimum atomic E-state index is -0.260. The van der Waals surface area contributed by atoms with Gasteiger partial charge in [-0.25, -0.2) is 0 Å². The smallest absolute Gasteiger partial charge is 0.178 e. The molecule has 3 nitrogen and oxygen atoms in total. The number of aliphatic hydroxyl groups is 1. The average molecular weight is 328 g/mol. The van der Waals surface area contributed by atoms with Crippen LogP contribution >= 0.6 is 0 Å². The molecule has 4 fully saturated rings. The van der Waals surface area contributed by atoms with Crippen LogP contribution in [-0.2, 0) is 9.53 Å². The fourth-order valence-corrected chi connectivity index (χ4v) is 7.32. The van der Waals surface area contributed by atoms with E-state index in [1.165, 1.54) is 18.4 Å². The number of ether oxygens (including phenoxy) is 1. The Morgan fingerprint density at radius 1 is 1.38 bits per heavy atom. The second kappa shape index (κ2) is 4.82. The highest BCUT2D eigenvalue weighted by atomic mass is 16.5. The first kappa shape index (κ1) is 15.3. The number of carbonyl (C=O) groups excluding carboxylic acids is 1. The van der Waals surface area contributed by atoms with Crippen molar-refractivity contribution in [3.05, 3.63) is 23.8 Å². The number of hydrogen-bond donors (Lipinski definition) is 1. The highest BCUT2D eigenvalue weighted by Crippen LogP contribution is 2.69. The Balaban J connectivity index is 1.50. The summed E-state index contributed by atoms with van der Waals surface area (Å²) in [5, 5.41) is 10.6. The van der Waals surface area contributed by atoms with Crippen molar-refractivity contribution < 1.29 is 14.6 Å². The molecule has 0 aromatic rings. The highest BCUT2D eigenvalue weighted by molar-refractivity contribution is 6.01. The number of allylic oxidation sites excluding steroid dienone is 2. The largest absolute Gasteiger partial charge is 0.393 e. The molecule has 0 amide bonds. The van der Waals surface area contributed by atoms with Gasteiger partial charge in [-0.15, -0.1) is 0 Å². The molecular formula is C21H28O3. The van der Waals surface area contributed by atoms with E-state index < -0.39 is 0 Å². The monoisotopic (exact) mass is 328 g/mol. The zero-order valence-corrected chi connectivity index (χ0v) is 14.7. The van der Waals surface area contributed by atoms with E-state index in [1.807, 2.05) is 6.08 Å². The summed E-state index contributed by atoms with van der Waals surface area (Å²) in [7, 11) is 0. The Hall–Kier alpha value is -0.930. The maximum absolute atomic E-state index is 11.8. The van der Waals surface area contributed by atoms with Crippen molar-refractivity contribution in [2.75, 3.05) is 0 Å². The van der Waals surface area contributed by atoms with Crippen LogP contribution in [0.1, 0.15) is 52.4 Å². The van der Waals surface area contributed by atoms with Crippen LogP contribution in [0.15, 0.2) is 23.8 Å². The molecule has 7 unspecified atom stereocenters. The summed E-state index contributed by atoms with van der Waals surface area (Å²) < 4.78 is 6.50. The highest BCUT2D eigenvalue weighted by Gasteiger charge is 2.69. The summed E-state index contributed by atoms with van der Waals surface area (Å²) in [6.07, 6.45) is 12.3. The summed E-state index contributed by atoms with van der Waals surface area (Å²) >= 11 is 0. The van der Waals surface area contributed by atoms with E-state index in [9.17, 15) is 9.90 Å². The first-order chi connectivity index (χ1) is 11.5. The summed E-state index contributed by atoms with van der Waals surface area (Å²) in [4.78, 5) is 11.8. The Labute approximate surface area is 144 Å². The number of hydrogen-bond acceptors (Lipinski definition) is 3. The molecule has 5 rings (SSSR count). The van der Waals surface area contributed by atoms with Crippen molar-refractivity contribution in [1.29, 1.82) is 0 Å². The fourth-order valence-electron chi connectivity index (χ4n) is 7.32. The van der Waals surface area contributed by atoms with Crippen molar-refractivity contribution in [2.45, 2.75) is 70.2 Å². The van der Waals surface area contributed by atoms with Crippen molar-refractivity contribution in [3.8, 4) is 0 Å². The van der Waals surface area contributed by atoms with Crippen molar-refractivity contribution in [2.24, 2.45) is 29.1 Å². The predicted octanol–water partition coefficient (Wildman–Crippen LogP) is 3.42. The third-order valence-corrected chi connectivity index (χ3v) is 8.29. The van der Waals surface area contributed by atoms with Gasteiger partial charge in [-0.1, -0.05) is 13.8 Å². The Bertz CT molecular complexity index is 649. The second-order valence-electron chi connectivity index (χ2n) is 9.06. The first-order valence-electron chi connectivity index (χ1n) is 9.79. The molecule has 1 spiro atoms. The lowest BCUT2D eigenvalue weighted by Crippen LogP contribution is -2.70. The molecule has 0 radical (unpaired) electrons. The number of rotatable bonds is 2. The van der Waals surface area contributed by atoms with Gasteiger partial charge >= 0.3 is 0 Å². The van der Waals surface area contributed by atoms with Gasteiger partial charge in [-0.2, -0.15) is 0 Å². The molecule has 0 bridgehead atoms. The van der Waals surface area contributed by atoms with Crippen LogP contribution in [0.4, 0.5) is 0 Å². The van der Waals surface area contributed by atoms with Gasteiger partial charge in [0.1, 0.15) is 5.60 Å². The van der Waals surface area contributed by atoms with Gasteiger partial charge in [-0.05, 0) is 85.5 Å². The zero-order valence-electron chi connectivity index (χ0n) is 14.7. The van der Waals surface area contributed by atoms with E-state index in [0.717, 1.165) is 25.7 Å². The molecule has 4 aliphatic carbocycles. The first-order valence-corrected chi connectivity index (χ1v) is 9.79. The number of fused-ring (bicyclic) bond motifs is 2. The molecule has 3 saturated carbocycles. The van der Waals surface area contributed by atoms with Gasteiger partial charge in [0.15, 0.2) is 5.78 Å². The van der Waals surface area contributed by atoms with Crippen LogP contribution in [0.25, 0.3) is 0 Å². The Morgan fingerprint density at radius 2 is 2.21 bits per heavy atom. The summed E-state index contributed by atoms with van der Waals surface area (Å²) in [6, 6.07) is 0. The van der Waals surface area contributed by atoms with E-state index in [-0.39, 0.29) is 22.9 Å². The molecule has 24 heavy (non-hydrogen) atoms. The summed E-state index contributed by atoms with van der Waals surface area (Å²) in [5.41, 5.74) is 1.18.